The summed E-state index contributed by atoms with van der Waals surface area (Å²) in [5.41, 5.74) is 3.69. The van der Waals surface area contributed by atoms with Crippen LogP contribution in [-0.2, 0) is 11.8 Å². The zero-order chi connectivity index (χ0) is 15.8. The topological polar surface area (TPSA) is 82.8 Å². The fourth-order valence-corrected chi connectivity index (χ4v) is 3.01. The van der Waals surface area contributed by atoms with Crippen molar-refractivity contribution in [2.45, 2.75) is 0 Å². The van der Waals surface area contributed by atoms with E-state index in [1.807, 2.05) is 31.7 Å². The Morgan fingerprint density at radius 2 is 2.17 bits per heavy atom. The van der Waals surface area contributed by atoms with Crippen molar-refractivity contribution in [1.29, 1.82) is 5.26 Å². The molecule has 0 spiro atoms. The minimum Gasteiger partial charge on any atom is -0.378 e. The molecule has 0 saturated carbocycles. The van der Waals surface area contributed by atoms with Crippen LogP contribution in [-0.4, -0.2) is 45.8 Å². The molecule has 4 heterocycles. The fourth-order valence-electron chi connectivity index (χ4n) is 3.01. The maximum atomic E-state index is 9.13. The molecule has 0 aliphatic carbocycles. The lowest BCUT2D eigenvalue weighted by molar-refractivity contribution is 0.123. The smallest absolute Gasteiger partial charge is 0.213 e. The van der Waals surface area contributed by atoms with Crippen molar-refractivity contribution < 1.29 is 4.74 Å². The van der Waals surface area contributed by atoms with Crippen LogP contribution in [0.25, 0.3) is 22.3 Å². The molecule has 0 unspecified atom stereocenters. The van der Waals surface area contributed by atoms with Crippen LogP contribution in [0.2, 0.25) is 0 Å². The highest BCUT2D eigenvalue weighted by Gasteiger charge is 2.19. The van der Waals surface area contributed by atoms with Crippen LogP contribution in [0.4, 0.5) is 5.69 Å². The number of pyridine rings is 1. The molecule has 0 aromatic carbocycles. The summed E-state index contributed by atoms with van der Waals surface area (Å²) in [4.78, 5) is 14.4. The number of anilines is 1. The van der Waals surface area contributed by atoms with E-state index in [-0.39, 0.29) is 0 Å². The highest BCUT2D eigenvalue weighted by Crippen LogP contribution is 2.34. The van der Waals surface area contributed by atoms with Gasteiger partial charge in [-0.3, -0.25) is 0 Å². The summed E-state index contributed by atoms with van der Waals surface area (Å²) < 4.78 is 7.18. The van der Waals surface area contributed by atoms with Gasteiger partial charge in [-0.05, 0) is 6.07 Å². The Hall–Kier alpha value is -2.85. The largest absolute Gasteiger partial charge is 0.378 e. The number of nitrogens with zero attached hydrogens (tertiary/aromatic N) is 5. The second kappa shape index (κ2) is 5.41. The maximum absolute atomic E-state index is 9.13. The Bertz CT molecular complexity index is 897. The van der Waals surface area contributed by atoms with Gasteiger partial charge in [-0.25, -0.2) is 9.97 Å². The van der Waals surface area contributed by atoms with E-state index in [0.29, 0.717) is 5.82 Å². The molecule has 1 aliphatic heterocycles. The van der Waals surface area contributed by atoms with Gasteiger partial charge in [-0.2, -0.15) is 5.26 Å². The number of rotatable bonds is 2. The number of nitriles is 1. The lowest BCUT2D eigenvalue weighted by atomic mass is 10.1. The Balaban J connectivity index is 1.88. The summed E-state index contributed by atoms with van der Waals surface area (Å²) in [7, 11) is 1.82. The fraction of sp³-hybridized carbons (Fsp3) is 0.312. The molecule has 1 N–H and O–H groups in total. The molecular formula is C16H16N6O. The summed E-state index contributed by atoms with van der Waals surface area (Å²) in [6.07, 6.45) is 5.59. The third-order valence-electron chi connectivity index (χ3n) is 4.16. The van der Waals surface area contributed by atoms with Gasteiger partial charge in [0.05, 0.1) is 30.0 Å². The first-order valence-corrected chi connectivity index (χ1v) is 7.50. The summed E-state index contributed by atoms with van der Waals surface area (Å²) >= 11 is 0. The molecule has 23 heavy (non-hydrogen) atoms. The summed E-state index contributed by atoms with van der Waals surface area (Å²) in [6, 6.07) is 4.13. The van der Waals surface area contributed by atoms with Crippen molar-refractivity contribution in [2.24, 2.45) is 7.05 Å². The van der Waals surface area contributed by atoms with Gasteiger partial charge < -0.3 is 19.2 Å². The molecule has 4 rings (SSSR count). The predicted molar refractivity (Wildman–Crippen MR) is 86.0 cm³/mol. The predicted octanol–water partition coefficient (Wildman–Crippen LogP) is 1.67. The third-order valence-corrected chi connectivity index (χ3v) is 4.16. The van der Waals surface area contributed by atoms with Crippen LogP contribution in [0.15, 0.2) is 24.7 Å². The van der Waals surface area contributed by atoms with Crippen LogP contribution in [0.1, 0.15) is 5.82 Å². The first-order valence-electron chi connectivity index (χ1n) is 7.50. The third kappa shape index (κ3) is 2.24. The minimum atomic E-state index is 0.395. The minimum absolute atomic E-state index is 0.395. The number of imidazole rings is 1. The molecule has 1 saturated heterocycles. The van der Waals surface area contributed by atoms with Crippen LogP contribution >= 0.6 is 0 Å². The zero-order valence-electron chi connectivity index (χ0n) is 12.8. The van der Waals surface area contributed by atoms with Crippen LogP contribution in [0.3, 0.4) is 0 Å². The van der Waals surface area contributed by atoms with Crippen molar-refractivity contribution in [3.63, 3.8) is 0 Å². The Labute approximate surface area is 133 Å². The summed E-state index contributed by atoms with van der Waals surface area (Å²) in [6.45, 7) is 3.17. The molecule has 7 heteroatoms. The van der Waals surface area contributed by atoms with Crippen molar-refractivity contribution in [1.82, 2.24) is 19.5 Å². The molecule has 0 radical (unpaired) electrons. The Morgan fingerprint density at radius 1 is 1.35 bits per heavy atom. The highest BCUT2D eigenvalue weighted by molar-refractivity contribution is 6.01. The second-order valence-corrected chi connectivity index (χ2v) is 5.53. The molecule has 0 bridgehead atoms. The van der Waals surface area contributed by atoms with Gasteiger partial charge in [-0.1, -0.05) is 0 Å². The molecule has 7 nitrogen and oxygen atoms in total. The van der Waals surface area contributed by atoms with Crippen molar-refractivity contribution in [3.8, 4) is 17.3 Å². The van der Waals surface area contributed by atoms with E-state index in [1.54, 1.807) is 4.57 Å². The lowest BCUT2D eigenvalue weighted by Gasteiger charge is -2.29. The lowest BCUT2D eigenvalue weighted by Crippen LogP contribution is -2.36. The molecule has 3 aromatic rings. The maximum Gasteiger partial charge on any atom is 0.213 e. The summed E-state index contributed by atoms with van der Waals surface area (Å²) in [5, 5.41) is 10.2. The molecule has 3 aromatic heterocycles. The number of hydrogen-bond acceptors (Lipinski definition) is 5. The first-order chi connectivity index (χ1) is 11.3. The molecular weight excluding hydrogens is 292 g/mol. The standard InChI is InChI=1S/C16H16N6O/c1-21-10-12(20-14(21)8-17)11-9-19-16-15(11)13(2-3-18-16)22-4-6-23-7-5-22/h2-3,9-10H,4-7H2,1H3,(H,18,19). The zero-order valence-corrected chi connectivity index (χ0v) is 12.8. The average Bonchev–Trinajstić information content (AvgIpc) is 3.18. The molecule has 0 atom stereocenters. The molecule has 1 aliphatic rings. The van der Waals surface area contributed by atoms with E-state index in [9.17, 15) is 0 Å². The number of H-pyrrole nitrogens is 1. The number of nitrogens with one attached hydrogen (secondary N) is 1. The monoisotopic (exact) mass is 308 g/mol. The van der Waals surface area contributed by atoms with Gasteiger partial charge in [-0.15, -0.1) is 0 Å². The number of aromatic nitrogens is 4. The van der Waals surface area contributed by atoms with Crippen molar-refractivity contribution >= 4 is 16.7 Å². The SMILES string of the molecule is Cn1cc(-c2c[nH]c3nccc(N4CCOCC4)c23)nc1C#N. The van der Waals surface area contributed by atoms with Gasteiger partial charge in [0.15, 0.2) is 0 Å². The molecule has 0 amide bonds. The van der Waals surface area contributed by atoms with Gasteiger partial charge >= 0.3 is 0 Å². The van der Waals surface area contributed by atoms with E-state index in [4.69, 9.17) is 10.00 Å². The Kier molecular flexibility index (Phi) is 3.24. The van der Waals surface area contributed by atoms with Gasteiger partial charge in [0, 0.05) is 44.3 Å². The number of aryl methyl sites for hydroxylation is 1. The number of hydrogen-bond donors (Lipinski definition) is 1. The average molecular weight is 308 g/mol. The van der Waals surface area contributed by atoms with Crippen molar-refractivity contribution in [2.75, 3.05) is 31.2 Å². The quantitative estimate of drug-likeness (QED) is 0.778. The van der Waals surface area contributed by atoms with E-state index < -0.39 is 0 Å². The second-order valence-electron chi connectivity index (χ2n) is 5.53. The van der Waals surface area contributed by atoms with Gasteiger partial charge in [0.1, 0.15) is 11.7 Å². The number of fused-ring (bicyclic) bond motifs is 1. The number of morpholine rings is 1. The summed E-state index contributed by atoms with van der Waals surface area (Å²) in [5.74, 6) is 0.395. The van der Waals surface area contributed by atoms with Gasteiger partial charge in [0.2, 0.25) is 5.82 Å². The van der Waals surface area contributed by atoms with Crippen molar-refractivity contribution in [3.05, 3.63) is 30.5 Å². The highest BCUT2D eigenvalue weighted by atomic mass is 16.5. The number of ether oxygens (including phenoxy) is 1. The van der Waals surface area contributed by atoms with E-state index in [0.717, 1.165) is 54.3 Å². The van der Waals surface area contributed by atoms with E-state index >= 15 is 0 Å². The first kappa shape index (κ1) is 13.8. The van der Waals surface area contributed by atoms with Crippen LogP contribution in [0.5, 0.6) is 0 Å². The molecule has 1 fully saturated rings. The number of aromatic amines is 1. The normalized spacial score (nSPS) is 15.0. The molecule has 116 valence electrons. The van der Waals surface area contributed by atoms with Crippen LogP contribution < -0.4 is 4.90 Å². The van der Waals surface area contributed by atoms with Gasteiger partial charge in [0.25, 0.3) is 0 Å². The Morgan fingerprint density at radius 3 is 2.91 bits per heavy atom. The van der Waals surface area contributed by atoms with Crippen LogP contribution in [0, 0.1) is 11.3 Å². The van der Waals surface area contributed by atoms with E-state index in [1.165, 1.54) is 0 Å². The van der Waals surface area contributed by atoms with E-state index in [2.05, 4.69) is 25.9 Å².